The predicted octanol–water partition coefficient (Wildman–Crippen LogP) is 2.56. The Kier molecular flexibility index (Phi) is 4.19. The third-order valence-corrected chi connectivity index (χ3v) is 4.24. The van der Waals surface area contributed by atoms with E-state index in [0.29, 0.717) is 19.4 Å². The maximum atomic E-state index is 12.5. The summed E-state index contributed by atoms with van der Waals surface area (Å²) in [6.07, 6.45) is 1.09. The summed E-state index contributed by atoms with van der Waals surface area (Å²) in [5.74, 6) is 0.450. The minimum Gasteiger partial charge on any atom is -0.480 e. The topological polar surface area (TPSA) is 70.8 Å². The molecule has 0 saturated heterocycles. The van der Waals surface area contributed by atoms with Crippen molar-refractivity contribution in [2.24, 2.45) is 0 Å². The van der Waals surface area contributed by atoms with Crippen LogP contribution in [0.4, 0.5) is 0 Å². The monoisotopic (exact) mass is 313 g/mol. The summed E-state index contributed by atoms with van der Waals surface area (Å²) in [7, 11) is 0. The van der Waals surface area contributed by atoms with E-state index in [9.17, 15) is 14.7 Å². The highest BCUT2D eigenvalue weighted by molar-refractivity contribution is 5.84. The molecule has 1 N–H and O–H groups in total. The first-order valence-electron chi connectivity index (χ1n) is 7.69. The fourth-order valence-electron chi connectivity index (χ4n) is 3.00. The Bertz CT molecular complexity index is 734. The van der Waals surface area contributed by atoms with Gasteiger partial charge >= 0.3 is 5.97 Å². The molecule has 5 nitrogen and oxygen atoms in total. The zero-order chi connectivity index (χ0) is 16.4. The first-order valence-corrected chi connectivity index (χ1v) is 7.69. The number of hydrogen-bond acceptors (Lipinski definition) is 3. The van der Waals surface area contributed by atoms with Crippen LogP contribution < -0.4 is 0 Å². The summed E-state index contributed by atoms with van der Waals surface area (Å²) in [5, 5.41) is 9.46. The first kappa shape index (κ1) is 15.3. The van der Waals surface area contributed by atoms with Gasteiger partial charge < -0.3 is 14.4 Å². The van der Waals surface area contributed by atoms with Crippen LogP contribution in [0.3, 0.4) is 0 Å². The number of rotatable bonds is 4. The normalized spacial score (nSPS) is 16.9. The molecule has 23 heavy (non-hydrogen) atoms. The molecule has 1 amide bonds. The van der Waals surface area contributed by atoms with Gasteiger partial charge in [-0.2, -0.15) is 0 Å². The molecule has 1 aromatic heterocycles. The average Bonchev–Trinajstić information content (AvgIpc) is 2.96. The Balaban J connectivity index is 1.73. The summed E-state index contributed by atoms with van der Waals surface area (Å²) in [6.45, 7) is 2.20. The molecule has 5 heteroatoms. The Labute approximate surface area is 134 Å². The molecule has 1 aliphatic rings. The van der Waals surface area contributed by atoms with Gasteiger partial charge in [0.15, 0.2) is 0 Å². The number of carbonyl (C=O) groups excluding carboxylic acids is 1. The van der Waals surface area contributed by atoms with Gasteiger partial charge in [0.1, 0.15) is 17.6 Å². The van der Waals surface area contributed by atoms with Crippen molar-refractivity contribution in [1.29, 1.82) is 0 Å². The van der Waals surface area contributed by atoms with E-state index in [1.165, 1.54) is 4.90 Å². The fourth-order valence-corrected chi connectivity index (χ4v) is 3.00. The Morgan fingerprint density at radius 1 is 1.22 bits per heavy atom. The molecule has 1 aliphatic heterocycles. The van der Waals surface area contributed by atoms with Gasteiger partial charge in [-0.05, 0) is 30.2 Å². The highest BCUT2D eigenvalue weighted by atomic mass is 16.4. The van der Waals surface area contributed by atoms with Crippen LogP contribution in [0.25, 0.3) is 0 Å². The van der Waals surface area contributed by atoms with E-state index in [1.807, 2.05) is 43.3 Å². The number of amides is 1. The van der Waals surface area contributed by atoms with Crippen LogP contribution in [-0.4, -0.2) is 27.9 Å². The maximum Gasteiger partial charge on any atom is 0.326 e. The van der Waals surface area contributed by atoms with Gasteiger partial charge in [0.25, 0.3) is 0 Å². The first-order chi connectivity index (χ1) is 11.0. The number of fused-ring (bicyclic) bond motifs is 1. The van der Waals surface area contributed by atoms with E-state index < -0.39 is 12.0 Å². The van der Waals surface area contributed by atoms with Crippen LogP contribution in [0.15, 0.2) is 40.8 Å². The van der Waals surface area contributed by atoms with E-state index in [4.69, 9.17) is 4.42 Å². The van der Waals surface area contributed by atoms with Gasteiger partial charge in [0.2, 0.25) is 5.91 Å². The SMILES string of the molecule is Cc1ccc(CCC(=O)N2Cc3ccccc3C[C@@H]2C(=O)O)o1. The molecule has 3 rings (SSSR count). The molecule has 1 aromatic carbocycles. The number of hydrogen-bond donors (Lipinski definition) is 1. The molecule has 1 atom stereocenters. The highest BCUT2D eigenvalue weighted by Crippen LogP contribution is 2.24. The summed E-state index contributed by atoms with van der Waals surface area (Å²) in [6, 6.07) is 10.6. The zero-order valence-electron chi connectivity index (χ0n) is 13.0. The number of carboxylic acids is 1. The van der Waals surface area contributed by atoms with E-state index in [0.717, 1.165) is 22.6 Å². The zero-order valence-corrected chi connectivity index (χ0v) is 13.0. The van der Waals surface area contributed by atoms with E-state index in [-0.39, 0.29) is 12.3 Å². The Morgan fingerprint density at radius 2 is 1.96 bits per heavy atom. The van der Waals surface area contributed by atoms with Crippen molar-refractivity contribution in [1.82, 2.24) is 4.90 Å². The van der Waals surface area contributed by atoms with Gasteiger partial charge in [-0.25, -0.2) is 4.79 Å². The molecule has 0 fully saturated rings. The Hall–Kier alpha value is -2.56. The van der Waals surface area contributed by atoms with E-state index in [1.54, 1.807) is 0 Å². The third-order valence-electron chi connectivity index (χ3n) is 4.24. The van der Waals surface area contributed by atoms with E-state index in [2.05, 4.69) is 0 Å². The average molecular weight is 313 g/mol. The van der Waals surface area contributed by atoms with Crippen molar-refractivity contribution in [2.75, 3.05) is 0 Å². The number of carboxylic acid groups (broad SMARTS) is 1. The molecule has 2 heterocycles. The number of furan rings is 1. The standard InChI is InChI=1S/C18H19NO4/c1-12-6-7-15(23-12)8-9-17(20)19-11-14-5-3-2-4-13(14)10-16(19)18(21)22/h2-7,16H,8-11H2,1H3,(H,21,22)/t16-/m1/s1. The molecule has 120 valence electrons. The van der Waals surface area contributed by atoms with Crippen molar-refractivity contribution in [3.63, 3.8) is 0 Å². The molecule has 0 spiro atoms. The number of benzene rings is 1. The van der Waals surface area contributed by atoms with Crippen molar-refractivity contribution in [3.05, 3.63) is 59.0 Å². The quantitative estimate of drug-likeness (QED) is 0.941. The molecule has 0 radical (unpaired) electrons. The lowest BCUT2D eigenvalue weighted by molar-refractivity contribution is -0.151. The summed E-state index contributed by atoms with van der Waals surface area (Å²) in [4.78, 5) is 25.5. The van der Waals surface area contributed by atoms with Crippen molar-refractivity contribution in [2.45, 2.75) is 38.8 Å². The van der Waals surface area contributed by atoms with E-state index >= 15 is 0 Å². The largest absolute Gasteiger partial charge is 0.480 e. The second-order valence-electron chi connectivity index (χ2n) is 5.86. The number of nitrogens with zero attached hydrogens (tertiary/aromatic N) is 1. The van der Waals surface area contributed by atoms with Crippen LogP contribution in [0, 0.1) is 6.92 Å². The minimum absolute atomic E-state index is 0.152. The van der Waals surface area contributed by atoms with Crippen LogP contribution in [0.2, 0.25) is 0 Å². The number of aryl methyl sites for hydroxylation is 2. The van der Waals surface area contributed by atoms with Gasteiger partial charge in [-0.15, -0.1) is 0 Å². The minimum atomic E-state index is -0.957. The van der Waals surface area contributed by atoms with Gasteiger partial charge in [-0.3, -0.25) is 4.79 Å². The maximum absolute atomic E-state index is 12.5. The molecule has 2 aromatic rings. The number of aliphatic carboxylic acids is 1. The second-order valence-corrected chi connectivity index (χ2v) is 5.86. The molecule has 0 unspecified atom stereocenters. The molecule has 0 aliphatic carbocycles. The summed E-state index contributed by atoms with van der Waals surface area (Å²) in [5.41, 5.74) is 2.03. The third kappa shape index (κ3) is 3.28. The van der Waals surface area contributed by atoms with Crippen molar-refractivity contribution in [3.8, 4) is 0 Å². The molecular formula is C18H19NO4. The lowest BCUT2D eigenvalue weighted by Crippen LogP contribution is -2.48. The molecule has 0 bridgehead atoms. The van der Waals surface area contributed by atoms with Crippen molar-refractivity contribution >= 4 is 11.9 Å². The smallest absolute Gasteiger partial charge is 0.326 e. The predicted molar refractivity (Wildman–Crippen MR) is 83.9 cm³/mol. The lowest BCUT2D eigenvalue weighted by Gasteiger charge is -2.34. The molecular weight excluding hydrogens is 294 g/mol. The van der Waals surface area contributed by atoms with Crippen LogP contribution >= 0.6 is 0 Å². The number of carbonyl (C=O) groups is 2. The Morgan fingerprint density at radius 3 is 2.61 bits per heavy atom. The van der Waals surface area contributed by atoms with Gasteiger partial charge in [-0.1, -0.05) is 24.3 Å². The van der Waals surface area contributed by atoms with Crippen LogP contribution in [-0.2, 0) is 29.0 Å². The summed E-state index contributed by atoms with van der Waals surface area (Å²) < 4.78 is 5.46. The highest BCUT2D eigenvalue weighted by Gasteiger charge is 2.34. The second kappa shape index (κ2) is 6.28. The van der Waals surface area contributed by atoms with Crippen LogP contribution in [0.5, 0.6) is 0 Å². The van der Waals surface area contributed by atoms with Crippen molar-refractivity contribution < 1.29 is 19.1 Å². The van der Waals surface area contributed by atoms with Gasteiger partial charge in [0, 0.05) is 25.8 Å². The fraction of sp³-hybridized carbons (Fsp3) is 0.333. The molecule has 0 saturated carbocycles. The van der Waals surface area contributed by atoms with Crippen LogP contribution in [0.1, 0.15) is 29.1 Å². The lowest BCUT2D eigenvalue weighted by atomic mass is 9.93. The van der Waals surface area contributed by atoms with Gasteiger partial charge in [0.05, 0.1) is 0 Å². The summed E-state index contributed by atoms with van der Waals surface area (Å²) >= 11 is 0.